The number of alkyl halides is 2. The molecular weight excluding hydrogens is 514 g/mol. The quantitative estimate of drug-likeness (QED) is 0.200. The zero-order valence-corrected chi connectivity index (χ0v) is 21.3. The van der Waals surface area contributed by atoms with Crippen LogP contribution in [0.5, 0.6) is 0 Å². The van der Waals surface area contributed by atoms with Crippen molar-refractivity contribution in [1.82, 2.24) is 0 Å². The predicted octanol–water partition coefficient (Wildman–Crippen LogP) is 7.18. The average molecular weight is 541 g/mol. The van der Waals surface area contributed by atoms with Gasteiger partial charge in [-0.3, -0.25) is 0 Å². The molecule has 0 unspecified atom stereocenters. The molecule has 0 amide bonds. The first-order valence-corrected chi connectivity index (χ1v) is 14.7. The van der Waals surface area contributed by atoms with E-state index >= 15 is 0 Å². The SMILES string of the molecule is O=C(OCC12CC3CC(CC(C3)C1)C2)OS(=O)(=O)C(F)(F)Sc1ccc(Sc2ccccc2)cc1. The second kappa shape index (κ2) is 9.59. The van der Waals surface area contributed by atoms with Gasteiger partial charge < -0.3 is 8.92 Å². The maximum atomic E-state index is 14.6. The minimum atomic E-state index is -5.54. The second-order valence-corrected chi connectivity index (χ2v) is 14.1. The lowest BCUT2D eigenvalue weighted by atomic mass is 9.50. The molecule has 0 aliphatic heterocycles. The molecule has 2 aromatic rings. The van der Waals surface area contributed by atoms with Crippen LogP contribution in [0.2, 0.25) is 0 Å². The van der Waals surface area contributed by atoms with Crippen molar-refractivity contribution in [1.29, 1.82) is 0 Å². The minimum Gasteiger partial charge on any atom is -0.433 e. The molecule has 0 atom stereocenters. The summed E-state index contributed by atoms with van der Waals surface area (Å²) in [4.78, 5) is 13.9. The summed E-state index contributed by atoms with van der Waals surface area (Å²) in [5.74, 6) is 1.84. The van der Waals surface area contributed by atoms with E-state index in [0.29, 0.717) is 17.8 Å². The normalized spacial score (nSPS) is 27.5. The summed E-state index contributed by atoms with van der Waals surface area (Å²) >= 11 is 1.26. The van der Waals surface area contributed by atoms with Gasteiger partial charge in [-0.25, -0.2) is 4.79 Å². The van der Waals surface area contributed by atoms with Crippen LogP contribution in [0.15, 0.2) is 69.3 Å². The molecule has 0 saturated heterocycles. The third-order valence-corrected chi connectivity index (χ3v) is 10.7. The maximum Gasteiger partial charge on any atom is 0.524 e. The molecule has 4 aliphatic carbocycles. The van der Waals surface area contributed by atoms with Gasteiger partial charge in [0.25, 0.3) is 0 Å². The van der Waals surface area contributed by atoms with Crippen molar-refractivity contribution in [3.05, 3.63) is 54.6 Å². The summed E-state index contributed by atoms with van der Waals surface area (Å²) < 4.78 is 58.5. The number of thioether (sulfide) groups is 1. The van der Waals surface area contributed by atoms with Gasteiger partial charge in [-0.15, -0.1) is 0 Å². The van der Waals surface area contributed by atoms with Gasteiger partial charge in [0.1, 0.15) is 6.61 Å². The fourth-order valence-corrected chi connectivity index (χ4v) is 8.74. The molecule has 0 spiro atoms. The molecule has 2 aromatic carbocycles. The lowest BCUT2D eigenvalue weighted by Gasteiger charge is -2.56. The largest absolute Gasteiger partial charge is 0.524 e. The summed E-state index contributed by atoms with van der Waals surface area (Å²) in [6.45, 7) is 0.0180. The van der Waals surface area contributed by atoms with Crippen molar-refractivity contribution in [3.8, 4) is 0 Å². The molecule has 6 rings (SSSR count). The number of carbonyl (C=O) groups excluding carboxylic acids is 1. The highest BCUT2D eigenvalue weighted by atomic mass is 32.3. The molecule has 0 radical (unpaired) electrons. The van der Waals surface area contributed by atoms with Gasteiger partial charge in [0.15, 0.2) is 0 Å². The topological polar surface area (TPSA) is 69.7 Å². The molecule has 4 bridgehead atoms. The van der Waals surface area contributed by atoms with Crippen LogP contribution >= 0.6 is 23.5 Å². The number of carbonyl (C=O) groups is 1. The Morgan fingerprint density at radius 3 is 1.97 bits per heavy atom. The summed E-state index contributed by atoms with van der Waals surface area (Å²) in [5.41, 5.74) is -0.172. The molecule has 0 heterocycles. The first-order valence-electron chi connectivity index (χ1n) is 11.6. The van der Waals surface area contributed by atoms with Crippen molar-refractivity contribution in [3.63, 3.8) is 0 Å². The molecule has 4 aliphatic rings. The summed E-state index contributed by atoms with van der Waals surface area (Å²) in [6.07, 6.45) is 4.82. The Labute approximate surface area is 212 Å². The first-order chi connectivity index (χ1) is 16.6. The third-order valence-electron chi connectivity index (χ3n) is 7.17. The van der Waals surface area contributed by atoms with Gasteiger partial charge in [0.2, 0.25) is 0 Å². The van der Waals surface area contributed by atoms with E-state index in [-0.39, 0.29) is 28.7 Å². The Kier molecular flexibility index (Phi) is 6.82. The molecule has 10 heteroatoms. The van der Waals surface area contributed by atoms with Gasteiger partial charge in [-0.2, -0.15) is 17.2 Å². The van der Waals surface area contributed by atoms with Gasteiger partial charge in [0.05, 0.1) is 0 Å². The first kappa shape index (κ1) is 24.9. The highest BCUT2D eigenvalue weighted by Gasteiger charge is 2.53. The Hall–Kier alpha value is -1.78. The van der Waals surface area contributed by atoms with E-state index in [1.165, 1.54) is 43.2 Å². The van der Waals surface area contributed by atoms with E-state index in [4.69, 9.17) is 4.74 Å². The van der Waals surface area contributed by atoms with E-state index in [1.54, 1.807) is 12.1 Å². The zero-order chi connectivity index (χ0) is 24.7. The standard InChI is InChI=1S/C25H26F2O5S3/c26-25(27,34-22-8-6-21(7-9-22)33-20-4-2-1-3-5-20)35(29,30)32-23(28)31-16-24-13-17-10-18(14-24)12-19(11-17)15-24/h1-9,17-19H,10-16H2. The zero-order valence-electron chi connectivity index (χ0n) is 18.9. The van der Waals surface area contributed by atoms with Gasteiger partial charge in [-0.1, -0.05) is 30.0 Å². The number of rotatable bonds is 8. The predicted molar refractivity (Wildman–Crippen MR) is 130 cm³/mol. The number of benzene rings is 2. The molecular formula is C25H26F2O5S3. The molecule has 35 heavy (non-hydrogen) atoms. The summed E-state index contributed by atoms with van der Waals surface area (Å²) in [5, 5.41) is 0. The Morgan fingerprint density at radius 1 is 0.886 bits per heavy atom. The van der Waals surface area contributed by atoms with E-state index in [2.05, 4.69) is 4.18 Å². The van der Waals surface area contributed by atoms with E-state index in [9.17, 15) is 22.0 Å². The van der Waals surface area contributed by atoms with E-state index in [1.807, 2.05) is 30.3 Å². The van der Waals surface area contributed by atoms with E-state index < -0.39 is 20.9 Å². The molecule has 0 N–H and O–H groups in total. The minimum absolute atomic E-state index is 0.0180. The van der Waals surface area contributed by atoms with Crippen molar-refractivity contribution in [2.45, 2.75) is 57.8 Å². The fourth-order valence-electron chi connectivity index (χ4n) is 6.23. The van der Waals surface area contributed by atoms with Crippen LogP contribution < -0.4 is 0 Å². The molecule has 0 aromatic heterocycles. The van der Waals surface area contributed by atoms with Crippen molar-refractivity contribution >= 4 is 39.8 Å². The number of hydrogen-bond acceptors (Lipinski definition) is 7. The third kappa shape index (κ3) is 5.64. The maximum absolute atomic E-state index is 14.6. The lowest BCUT2D eigenvalue weighted by Crippen LogP contribution is -2.48. The smallest absolute Gasteiger partial charge is 0.433 e. The molecule has 4 saturated carbocycles. The van der Waals surface area contributed by atoms with Crippen LogP contribution in [-0.2, 0) is 19.0 Å². The second-order valence-electron chi connectivity index (χ2n) is 9.95. The van der Waals surface area contributed by atoms with Crippen LogP contribution in [0.1, 0.15) is 38.5 Å². The van der Waals surface area contributed by atoms with Crippen molar-refractivity contribution in [2.75, 3.05) is 6.61 Å². The Balaban J connectivity index is 1.16. The van der Waals surface area contributed by atoms with Gasteiger partial charge in [-0.05, 0) is 104 Å². The fraction of sp³-hybridized carbons (Fsp3) is 0.480. The van der Waals surface area contributed by atoms with Crippen LogP contribution in [0.3, 0.4) is 0 Å². The lowest BCUT2D eigenvalue weighted by molar-refractivity contribution is -0.0860. The van der Waals surface area contributed by atoms with Crippen molar-refractivity contribution in [2.24, 2.45) is 23.2 Å². The average Bonchev–Trinajstić information content (AvgIpc) is 2.78. The highest BCUT2D eigenvalue weighted by Crippen LogP contribution is 2.60. The monoisotopic (exact) mass is 540 g/mol. The number of hydrogen-bond donors (Lipinski definition) is 0. The number of halogens is 2. The van der Waals surface area contributed by atoms with Crippen LogP contribution in [-0.4, -0.2) is 25.8 Å². The van der Waals surface area contributed by atoms with E-state index in [0.717, 1.165) is 29.1 Å². The molecule has 188 valence electrons. The molecule has 4 fully saturated rings. The van der Waals surface area contributed by atoms with Gasteiger partial charge in [0, 0.05) is 20.1 Å². The highest BCUT2D eigenvalue weighted by molar-refractivity contribution is 8.12. The summed E-state index contributed by atoms with van der Waals surface area (Å²) in [6, 6.07) is 15.6. The van der Waals surface area contributed by atoms with Gasteiger partial charge >= 0.3 is 20.9 Å². The van der Waals surface area contributed by atoms with Crippen LogP contribution in [0, 0.1) is 23.2 Å². The summed E-state index contributed by atoms with van der Waals surface area (Å²) in [7, 11) is -5.54. The molecule has 5 nitrogen and oxygen atoms in total. The van der Waals surface area contributed by atoms with Crippen LogP contribution in [0.4, 0.5) is 13.6 Å². The van der Waals surface area contributed by atoms with Crippen LogP contribution in [0.25, 0.3) is 0 Å². The Morgan fingerprint density at radius 2 is 1.40 bits per heavy atom. The number of ether oxygens (including phenoxy) is 1. The Bertz CT molecular complexity index is 1130. The van der Waals surface area contributed by atoms with Crippen molar-refractivity contribution < 1.29 is 30.9 Å².